The van der Waals surface area contributed by atoms with E-state index in [9.17, 15) is 4.79 Å². The molecule has 0 heterocycles. The van der Waals surface area contributed by atoms with Crippen LogP contribution in [-0.4, -0.2) is 19.1 Å². The lowest BCUT2D eigenvalue weighted by atomic mass is 9.95. The minimum absolute atomic E-state index is 0.347. The van der Waals surface area contributed by atoms with Gasteiger partial charge in [0.15, 0.2) is 0 Å². The zero-order valence-electron chi connectivity index (χ0n) is 10.7. The topological polar surface area (TPSA) is 64.3 Å². The molecule has 3 N–H and O–H groups in total. The van der Waals surface area contributed by atoms with Crippen LogP contribution in [0.4, 0.5) is 11.4 Å². The molecule has 0 aliphatic heterocycles. The van der Waals surface area contributed by atoms with Crippen molar-refractivity contribution in [3.05, 3.63) is 23.8 Å². The molecule has 4 nitrogen and oxygen atoms in total. The van der Waals surface area contributed by atoms with Crippen molar-refractivity contribution >= 4 is 17.3 Å². The summed E-state index contributed by atoms with van der Waals surface area (Å²) in [5.41, 5.74) is 7.80. The molecule has 0 amide bonds. The Labute approximate surface area is 108 Å². The van der Waals surface area contributed by atoms with Crippen LogP contribution in [0.3, 0.4) is 0 Å². The monoisotopic (exact) mass is 248 g/mol. The van der Waals surface area contributed by atoms with Gasteiger partial charge in [-0.3, -0.25) is 0 Å². The first-order valence-electron chi connectivity index (χ1n) is 6.45. The van der Waals surface area contributed by atoms with Crippen molar-refractivity contribution in [1.82, 2.24) is 0 Å². The zero-order chi connectivity index (χ0) is 13.0. The molecule has 1 aliphatic carbocycles. The van der Waals surface area contributed by atoms with Crippen LogP contribution >= 0.6 is 0 Å². The van der Waals surface area contributed by atoms with Crippen molar-refractivity contribution in [3.63, 3.8) is 0 Å². The standard InChI is InChI=1S/C14H20N2O2/c1-18-14(17)11-8-5-9-12(15)13(11)16-10-6-3-2-4-7-10/h5,8-10,16H,2-4,6-7,15H2,1H3. The minimum atomic E-state index is -0.347. The van der Waals surface area contributed by atoms with E-state index < -0.39 is 0 Å². The fourth-order valence-electron chi connectivity index (χ4n) is 2.46. The third-order valence-electron chi connectivity index (χ3n) is 3.46. The largest absolute Gasteiger partial charge is 0.465 e. The molecular formula is C14H20N2O2. The van der Waals surface area contributed by atoms with E-state index in [-0.39, 0.29) is 5.97 Å². The number of rotatable bonds is 3. The van der Waals surface area contributed by atoms with Crippen LogP contribution in [0.1, 0.15) is 42.5 Å². The highest BCUT2D eigenvalue weighted by molar-refractivity contribution is 5.98. The minimum Gasteiger partial charge on any atom is -0.465 e. The van der Waals surface area contributed by atoms with Crippen LogP contribution in [0.15, 0.2) is 18.2 Å². The molecule has 4 heteroatoms. The number of hydrogen-bond acceptors (Lipinski definition) is 4. The Balaban J connectivity index is 2.21. The second kappa shape index (κ2) is 5.76. The van der Waals surface area contributed by atoms with Crippen molar-refractivity contribution in [3.8, 4) is 0 Å². The van der Waals surface area contributed by atoms with Crippen molar-refractivity contribution in [2.45, 2.75) is 38.1 Å². The van der Waals surface area contributed by atoms with E-state index in [1.54, 1.807) is 18.2 Å². The number of methoxy groups -OCH3 is 1. The van der Waals surface area contributed by atoms with Crippen molar-refractivity contribution < 1.29 is 9.53 Å². The molecule has 0 radical (unpaired) electrons. The van der Waals surface area contributed by atoms with E-state index in [1.807, 2.05) is 0 Å². The molecule has 1 aromatic rings. The Morgan fingerprint density at radius 3 is 2.72 bits per heavy atom. The molecule has 0 bridgehead atoms. The molecule has 0 saturated heterocycles. The quantitative estimate of drug-likeness (QED) is 0.637. The number of nitrogens with one attached hydrogen (secondary N) is 1. The summed E-state index contributed by atoms with van der Waals surface area (Å²) in [6.07, 6.45) is 6.03. The highest BCUT2D eigenvalue weighted by Crippen LogP contribution is 2.28. The molecule has 1 fully saturated rings. The van der Waals surface area contributed by atoms with Gasteiger partial charge in [0.1, 0.15) is 0 Å². The van der Waals surface area contributed by atoms with E-state index in [0.29, 0.717) is 17.3 Å². The number of nitrogen functional groups attached to an aromatic ring is 1. The summed E-state index contributed by atoms with van der Waals surface area (Å²) in [7, 11) is 1.38. The first kappa shape index (κ1) is 12.7. The molecule has 1 saturated carbocycles. The summed E-state index contributed by atoms with van der Waals surface area (Å²) in [4.78, 5) is 11.7. The van der Waals surface area contributed by atoms with Crippen LogP contribution in [0, 0.1) is 0 Å². The number of ether oxygens (including phenoxy) is 1. The van der Waals surface area contributed by atoms with Crippen LogP contribution in [0.25, 0.3) is 0 Å². The molecule has 18 heavy (non-hydrogen) atoms. The molecule has 1 aliphatic rings. The lowest BCUT2D eigenvalue weighted by Gasteiger charge is -2.25. The van der Waals surface area contributed by atoms with Gasteiger partial charge < -0.3 is 15.8 Å². The average Bonchev–Trinajstić information content (AvgIpc) is 2.41. The Kier molecular flexibility index (Phi) is 4.07. The normalized spacial score (nSPS) is 16.3. The summed E-state index contributed by atoms with van der Waals surface area (Å²) in [5.74, 6) is -0.347. The molecule has 0 unspecified atom stereocenters. The van der Waals surface area contributed by atoms with Crippen LogP contribution in [-0.2, 0) is 4.74 Å². The van der Waals surface area contributed by atoms with Gasteiger partial charge in [0.25, 0.3) is 0 Å². The smallest absolute Gasteiger partial charge is 0.340 e. The maximum atomic E-state index is 11.7. The number of anilines is 2. The van der Waals surface area contributed by atoms with Gasteiger partial charge in [0.2, 0.25) is 0 Å². The van der Waals surface area contributed by atoms with Crippen LogP contribution < -0.4 is 11.1 Å². The second-order valence-electron chi connectivity index (χ2n) is 4.74. The summed E-state index contributed by atoms with van der Waals surface area (Å²) in [5, 5.41) is 3.41. The van der Waals surface area contributed by atoms with E-state index in [2.05, 4.69) is 5.32 Å². The van der Waals surface area contributed by atoms with Crippen LogP contribution in [0.2, 0.25) is 0 Å². The van der Waals surface area contributed by atoms with Gasteiger partial charge in [-0.15, -0.1) is 0 Å². The fourth-order valence-corrected chi connectivity index (χ4v) is 2.46. The van der Waals surface area contributed by atoms with E-state index in [1.165, 1.54) is 26.4 Å². The SMILES string of the molecule is COC(=O)c1cccc(N)c1NC1CCCCC1. The molecular weight excluding hydrogens is 228 g/mol. The first-order valence-corrected chi connectivity index (χ1v) is 6.45. The molecule has 0 spiro atoms. The van der Waals surface area contributed by atoms with Gasteiger partial charge in [-0.2, -0.15) is 0 Å². The van der Waals surface area contributed by atoms with Gasteiger partial charge >= 0.3 is 5.97 Å². The van der Waals surface area contributed by atoms with Crippen molar-refractivity contribution in [1.29, 1.82) is 0 Å². The van der Waals surface area contributed by atoms with Gasteiger partial charge in [0.05, 0.1) is 24.0 Å². The van der Waals surface area contributed by atoms with Gasteiger partial charge in [-0.25, -0.2) is 4.79 Å². The summed E-state index contributed by atoms with van der Waals surface area (Å²) >= 11 is 0. The summed E-state index contributed by atoms with van der Waals surface area (Å²) in [6.45, 7) is 0. The second-order valence-corrected chi connectivity index (χ2v) is 4.74. The predicted molar refractivity (Wildman–Crippen MR) is 72.7 cm³/mol. The van der Waals surface area contributed by atoms with Gasteiger partial charge in [0, 0.05) is 6.04 Å². The third-order valence-corrected chi connectivity index (χ3v) is 3.46. The molecule has 0 atom stereocenters. The van der Waals surface area contributed by atoms with Gasteiger partial charge in [-0.1, -0.05) is 25.3 Å². The van der Waals surface area contributed by atoms with Crippen molar-refractivity contribution in [2.75, 3.05) is 18.2 Å². The van der Waals surface area contributed by atoms with E-state index in [0.717, 1.165) is 18.5 Å². The molecule has 2 rings (SSSR count). The van der Waals surface area contributed by atoms with Gasteiger partial charge in [-0.05, 0) is 25.0 Å². The molecule has 1 aromatic carbocycles. The number of benzene rings is 1. The van der Waals surface area contributed by atoms with Crippen LogP contribution in [0.5, 0.6) is 0 Å². The molecule has 0 aromatic heterocycles. The fraction of sp³-hybridized carbons (Fsp3) is 0.500. The van der Waals surface area contributed by atoms with E-state index >= 15 is 0 Å². The Morgan fingerprint density at radius 1 is 1.33 bits per heavy atom. The van der Waals surface area contributed by atoms with Crippen molar-refractivity contribution in [2.24, 2.45) is 0 Å². The summed E-state index contributed by atoms with van der Waals surface area (Å²) < 4.78 is 4.79. The Hall–Kier alpha value is -1.71. The zero-order valence-corrected chi connectivity index (χ0v) is 10.7. The number of carbonyl (C=O) groups is 1. The average molecular weight is 248 g/mol. The highest BCUT2D eigenvalue weighted by Gasteiger charge is 2.19. The Morgan fingerprint density at radius 2 is 2.06 bits per heavy atom. The number of carbonyl (C=O) groups excluding carboxylic acids is 1. The highest BCUT2D eigenvalue weighted by atomic mass is 16.5. The third kappa shape index (κ3) is 2.75. The maximum absolute atomic E-state index is 11.7. The number of nitrogens with two attached hydrogens (primary N) is 1. The summed E-state index contributed by atoms with van der Waals surface area (Å²) in [6, 6.07) is 5.73. The predicted octanol–water partition coefficient (Wildman–Crippen LogP) is 2.80. The number of hydrogen-bond donors (Lipinski definition) is 2. The lowest BCUT2D eigenvalue weighted by Crippen LogP contribution is -2.24. The number of para-hydroxylation sites is 1. The Bertz CT molecular complexity index is 426. The first-order chi connectivity index (χ1) is 8.72. The lowest BCUT2D eigenvalue weighted by molar-refractivity contribution is 0.0602. The van der Waals surface area contributed by atoms with E-state index in [4.69, 9.17) is 10.5 Å². The maximum Gasteiger partial charge on any atom is 0.340 e. The number of esters is 1. The molecule has 98 valence electrons.